The summed E-state index contributed by atoms with van der Waals surface area (Å²) < 4.78 is 5.39. The lowest BCUT2D eigenvalue weighted by molar-refractivity contribution is -0.159. The Morgan fingerprint density at radius 2 is 2.00 bits per heavy atom. The largest absolute Gasteiger partial charge is 0.480 e. The molecule has 1 fully saturated rings. The summed E-state index contributed by atoms with van der Waals surface area (Å²) in [6.45, 7) is 7.61. The van der Waals surface area contributed by atoms with E-state index in [0.29, 0.717) is 13.0 Å². The van der Waals surface area contributed by atoms with Crippen molar-refractivity contribution in [3.05, 3.63) is 0 Å². The van der Waals surface area contributed by atoms with Gasteiger partial charge in [0.25, 0.3) is 0 Å². The number of rotatable bonds is 3. The maximum Gasteiger partial charge on any atom is 0.329 e. The minimum absolute atomic E-state index is 0.0631. The fourth-order valence-corrected chi connectivity index (χ4v) is 1.94. The topological polar surface area (TPSA) is 66.8 Å². The van der Waals surface area contributed by atoms with Crippen LogP contribution < -0.4 is 0 Å². The second-order valence-corrected chi connectivity index (χ2v) is 5.63. The van der Waals surface area contributed by atoms with E-state index in [1.165, 1.54) is 4.90 Å². The van der Waals surface area contributed by atoms with E-state index in [1.807, 2.05) is 20.8 Å². The second-order valence-electron chi connectivity index (χ2n) is 5.63. The summed E-state index contributed by atoms with van der Waals surface area (Å²) >= 11 is 0. The highest BCUT2D eigenvalue weighted by Crippen LogP contribution is 2.29. The number of carbonyl (C=O) groups excluding carboxylic acids is 1. The normalized spacial score (nSPS) is 25.1. The highest BCUT2D eigenvalue weighted by Gasteiger charge is 2.45. The molecule has 5 nitrogen and oxygen atoms in total. The van der Waals surface area contributed by atoms with Crippen molar-refractivity contribution in [3.8, 4) is 0 Å². The average molecular weight is 243 g/mol. The molecule has 1 N–H and O–H groups in total. The van der Waals surface area contributed by atoms with Gasteiger partial charge < -0.3 is 14.7 Å². The number of hydrogen-bond acceptors (Lipinski definition) is 3. The number of likely N-dealkylation sites (tertiary alicyclic amines) is 1. The molecular weight excluding hydrogens is 222 g/mol. The zero-order valence-corrected chi connectivity index (χ0v) is 10.9. The minimum Gasteiger partial charge on any atom is -0.480 e. The van der Waals surface area contributed by atoms with Crippen LogP contribution in [0.3, 0.4) is 0 Å². The van der Waals surface area contributed by atoms with Gasteiger partial charge in [0.05, 0.1) is 5.60 Å². The van der Waals surface area contributed by atoms with Crippen molar-refractivity contribution in [1.82, 2.24) is 4.90 Å². The molecule has 0 saturated carbocycles. The van der Waals surface area contributed by atoms with Crippen LogP contribution in [0.4, 0.5) is 0 Å². The van der Waals surface area contributed by atoms with Crippen LogP contribution in [0, 0.1) is 0 Å². The standard InChI is InChI=1S/C12H21NO4/c1-11(2,3)17-8-9(14)13-7-5-6-12(13,4)10(15)16/h5-8H2,1-4H3,(H,15,16). The molecular formula is C12H21NO4. The molecule has 0 radical (unpaired) electrons. The fraction of sp³-hybridized carbons (Fsp3) is 0.833. The van der Waals surface area contributed by atoms with E-state index < -0.39 is 17.1 Å². The van der Waals surface area contributed by atoms with Gasteiger partial charge in [-0.15, -0.1) is 0 Å². The maximum absolute atomic E-state index is 11.9. The summed E-state index contributed by atoms with van der Waals surface area (Å²) in [5.74, 6) is -1.19. The van der Waals surface area contributed by atoms with Crippen LogP contribution >= 0.6 is 0 Å². The van der Waals surface area contributed by atoms with Gasteiger partial charge in [-0.3, -0.25) is 4.79 Å². The summed E-state index contributed by atoms with van der Waals surface area (Å²) in [5, 5.41) is 9.19. The van der Waals surface area contributed by atoms with Crippen molar-refractivity contribution in [2.45, 2.75) is 51.7 Å². The van der Waals surface area contributed by atoms with Crippen molar-refractivity contribution in [2.75, 3.05) is 13.2 Å². The Bertz CT molecular complexity index is 321. The molecule has 1 amide bonds. The Morgan fingerprint density at radius 1 is 1.41 bits per heavy atom. The van der Waals surface area contributed by atoms with Crippen molar-refractivity contribution < 1.29 is 19.4 Å². The number of carboxylic acid groups (broad SMARTS) is 1. The molecule has 0 spiro atoms. The van der Waals surface area contributed by atoms with Gasteiger partial charge >= 0.3 is 5.97 Å². The number of hydrogen-bond donors (Lipinski definition) is 1. The smallest absolute Gasteiger partial charge is 0.329 e. The summed E-state index contributed by atoms with van der Waals surface area (Å²) in [4.78, 5) is 24.6. The van der Waals surface area contributed by atoms with Gasteiger partial charge in [-0.25, -0.2) is 4.79 Å². The Hall–Kier alpha value is -1.10. The summed E-state index contributed by atoms with van der Waals surface area (Å²) in [6.07, 6.45) is 1.23. The van der Waals surface area contributed by atoms with Gasteiger partial charge in [0.1, 0.15) is 12.1 Å². The molecule has 5 heteroatoms. The Balaban J connectivity index is 2.66. The molecule has 98 valence electrons. The van der Waals surface area contributed by atoms with E-state index in [2.05, 4.69) is 0 Å². The first-order valence-electron chi connectivity index (χ1n) is 5.85. The van der Waals surface area contributed by atoms with Crippen LogP contribution in [0.5, 0.6) is 0 Å². The number of ether oxygens (including phenoxy) is 1. The van der Waals surface area contributed by atoms with E-state index in [-0.39, 0.29) is 12.5 Å². The molecule has 0 aromatic rings. The lowest BCUT2D eigenvalue weighted by Gasteiger charge is -2.32. The maximum atomic E-state index is 11.9. The Morgan fingerprint density at radius 3 is 2.47 bits per heavy atom. The molecule has 1 aliphatic rings. The fourth-order valence-electron chi connectivity index (χ4n) is 1.94. The van der Waals surface area contributed by atoms with Crippen LogP contribution in [-0.4, -0.2) is 46.2 Å². The van der Waals surface area contributed by atoms with Crippen LogP contribution in [0.2, 0.25) is 0 Å². The monoisotopic (exact) mass is 243 g/mol. The number of amides is 1. The minimum atomic E-state index is -1.07. The lowest BCUT2D eigenvalue weighted by Crippen LogP contribution is -2.52. The van der Waals surface area contributed by atoms with E-state index in [1.54, 1.807) is 6.92 Å². The molecule has 1 atom stereocenters. The van der Waals surface area contributed by atoms with E-state index in [0.717, 1.165) is 6.42 Å². The molecule has 0 aliphatic carbocycles. The molecule has 1 saturated heterocycles. The van der Waals surface area contributed by atoms with Crippen LogP contribution in [0.25, 0.3) is 0 Å². The highest BCUT2D eigenvalue weighted by atomic mass is 16.5. The van der Waals surface area contributed by atoms with Gasteiger partial charge in [-0.1, -0.05) is 0 Å². The van der Waals surface area contributed by atoms with Crippen molar-refractivity contribution >= 4 is 11.9 Å². The van der Waals surface area contributed by atoms with Gasteiger partial charge in [0.2, 0.25) is 5.91 Å². The average Bonchev–Trinajstić information content (AvgIpc) is 2.57. The predicted octanol–water partition coefficient (Wildman–Crippen LogP) is 1.27. The van der Waals surface area contributed by atoms with Crippen LogP contribution in [0.15, 0.2) is 0 Å². The SMILES string of the molecule is CC(C)(C)OCC(=O)N1CCCC1(C)C(=O)O. The first kappa shape index (κ1) is 14.0. The predicted molar refractivity (Wildman–Crippen MR) is 62.7 cm³/mol. The lowest BCUT2D eigenvalue weighted by atomic mass is 9.99. The molecule has 0 aromatic heterocycles. The van der Waals surface area contributed by atoms with Crippen LogP contribution in [0.1, 0.15) is 40.5 Å². The summed E-state index contributed by atoms with van der Waals surface area (Å²) in [6, 6.07) is 0. The highest BCUT2D eigenvalue weighted by molar-refractivity contribution is 5.88. The zero-order valence-electron chi connectivity index (χ0n) is 10.9. The Labute approximate surface area is 102 Å². The Kier molecular flexibility index (Phi) is 3.81. The molecule has 1 rings (SSSR count). The van der Waals surface area contributed by atoms with Crippen molar-refractivity contribution in [2.24, 2.45) is 0 Å². The first-order chi connectivity index (χ1) is 7.67. The molecule has 0 bridgehead atoms. The summed E-state index contributed by atoms with van der Waals surface area (Å²) in [7, 11) is 0. The van der Waals surface area contributed by atoms with Crippen molar-refractivity contribution in [3.63, 3.8) is 0 Å². The van der Waals surface area contributed by atoms with E-state index in [4.69, 9.17) is 4.74 Å². The quantitative estimate of drug-likeness (QED) is 0.810. The molecule has 17 heavy (non-hydrogen) atoms. The zero-order chi connectivity index (χ0) is 13.3. The second kappa shape index (κ2) is 4.64. The molecule has 0 aromatic carbocycles. The molecule has 1 unspecified atom stereocenters. The van der Waals surface area contributed by atoms with Gasteiger partial charge in [0.15, 0.2) is 0 Å². The number of aliphatic carboxylic acids is 1. The van der Waals surface area contributed by atoms with Crippen LogP contribution in [-0.2, 0) is 14.3 Å². The molecule has 1 aliphatic heterocycles. The summed E-state index contributed by atoms with van der Waals surface area (Å²) in [5.41, 5.74) is -1.46. The third kappa shape index (κ3) is 3.19. The van der Waals surface area contributed by atoms with Gasteiger partial charge in [-0.05, 0) is 40.5 Å². The van der Waals surface area contributed by atoms with E-state index >= 15 is 0 Å². The van der Waals surface area contributed by atoms with Gasteiger partial charge in [0, 0.05) is 6.54 Å². The molecule has 1 heterocycles. The van der Waals surface area contributed by atoms with Gasteiger partial charge in [-0.2, -0.15) is 0 Å². The number of nitrogens with zero attached hydrogens (tertiary/aromatic N) is 1. The third-order valence-corrected chi connectivity index (χ3v) is 3.03. The first-order valence-corrected chi connectivity index (χ1v) is 5.85. The van der Waals surface area contributed by atoms with E-state index in [9.17, 15) is 14.7 Å². The number of carbonyl (C=O) groups is 2. The van der Waals surface area contributed by atoms with Crippen molar-refractivity contribution in [1.29, 1.82) is 0 Å². The third-order valence-electron chi connectivity index (χ3n) is 3.03. The number of carboxylic acids is 1.